The molecule has 7 heteroatoms. The van der Waals surface area contributed by atoms with Crippen molar-refractivity contribution in [3.8, 4) is 0 Å². The minimum absolute atomic E-state index is 0. The third-order valence-electron chi connectivity index (χ3n) is 4.97. The summed E-state index contributed by atoms with van der Waals surface area (Å²) in [6.45, 7) is 12.7. The molecule has 1 aliphatic carbocycles. The maximum atomic E-state index is 4.77. The third kappa shape index (κ3) is 6.34. The Morgan fingerprint density at radius 3 is 2.50 bits per heavy atom. The molecule has 1 saturated carbocycles. The van der Waals surface area contributed by atoms with Crippen molar-refractivity contribution in [2.75, 3.05) is 19.6 Å². The second kappa shape index (κ2) is 9.68. The lowest BCUT2D eigenvalue weighted by Crippen LogP contribution is -2.49. The van der Waals surface area contributed by atoms with Crippen molar-refractivity contribution in [1.82, 2.24) is 20.5 Å². The van der Waals surface area contributed by atoms with Gasteiger partial charge in [0.25, 0.3) is 0 Å². The van der Waals surface area contributed by atoms with Crippen molar-refractivity contribution in [1.29, 1.82) is 0 Å². The first-order valence-electron chi connectivity index (χ1n) is 9.69. The van der Waals surface area contributed by atoms with Gasteiger partial charge in [0, 0.05) is 42.5 Å². The van der Waals surface area contributed by atoms with Gasteiger partial charge in [0.1, 0.15) is 5.01 Å². The average Bonchev–Trinajstić information content (AvgIpc) is 3.30. The van der Waals surface area contributed by atoms with Crippen LogP contribution >= 0.6 is 35.3 Å². The lowest BCUT2D eigenvalue weighted by molar-refractivity contribution is 0.197. The van der Waals surface area contributed by atoms with Crippen LogP contribution in [0.15, 0.2) is 10.4 Å². The average molecular weight is 491 g/mol. The molecule has 1 saturated heterocycles. The van der Waals surface area contributed by atoms with Crippen molar-refractivity contribution in [3.05, 3.63) is 16.1 Å². The fourth-order valence-electron chi connectivity index (χ4n) is 3.24. The van der Waals surface area contributed by atoms with Gasteiger partial charge < -0.3 is 15.5 Å². The minimum Gasteiger partial charge on any atom is -0.357 e. The molecule has 2 heterocycles. The SMILES string of the molecule is CCNC(=NCc1nc(C(C)(C)C)cs1)NC1CCN(C2CC2)CC1.I. The summed E-state index contributed by atoms with van der Waals surface area (Å²) in [7, 11) is 0. The number of piperidine rings is 1. The molecular formula is C19H34IN5S. The van der Waals surface area contributed by atoms with Crippen LogP contribution in [0.25, 0.3) is 0 Å². The molecule has 0 bridgehead atoms. The Bertz CT molecular complexity index is 583. The van der Waals surface area contributed by atoms with Crippen LogP contribution in [0.3, 0.4) is 0 Å². The lowest BCUT2D eigenvalue weighted by atomic mass is 9.93. The summed E-state index contributed by atoms with van der Waals surface area (Å²) in [5.41, 5.74) is 1.27. The highest BCUT2D eigenvalue weighted by Crippen LogP contribution is 2.29. The summed E-state index contributed by atoms with van der Waals surface area (Å²) in [6.07, 6.45) is 5.25. The third-order valence-corrected chi connectivity index (χ3v) is 5.80. The van der Waals surface area contributed by atoms with Crippen molar-refractivity contribution < 1.29 is 0 Å². The molecule has 1 aromatic rings. The highest BCUT2D eigenvalue weighted by atomic mass is 127. The van der Waals surface area contributed by atoms with Gasteiger partial charge in [-0.15, -0.1) is 35.3 Å². The molecule has 0 amide bonds. The zero-order valence-corrected chi connectivity index (χ0v) is 19.7. The van der Waals surface area contributed by atoms with Crippen LogP contribution in [-0.2, 0) is 12.0 Å². The summed E-state index contributed by atoms with van der Waals surface area (Å²) < 4.78 is 0. The molecular weight excluding hydrogens is 457 g/mol. The Balaban J connectivity index is 0.00000243. The van der Waals surface area contributed by atoms with Crippen LogP contribution in [0.2, 0.25) is 0 Å². The number of aromatic nitrogens is 1. The molecule has 2 N–H and O–H groups in total. The predicted molar refractivity (Wildman–Crippen MR) is 122 cm³/mol. The maximum Gasteiger partial charge on any atom is 0.191 e. The first-order valence-corrected chi connectivity index (χ1v) is 10.6. The van der Waals surface area contributed by atoms with Crippen LogP contribution in [0, 0.1) is 0 Å². The second-order valence-corrected chi connectivity index (χ2v) is 9.20. The summed E-state index contributed by atoms with van der Waals surface area (Å²) in [5, 5.41) is 10.3. The standard InChI is InChI=1S/C19H33N5S.HI/c1-5-20-18(21-12-17-23-16(13-25-17)19(2,3)4)22-14-8-10-24(11-9-14)15-6-7-15;/h13-15H,5-12H2,1-4H3,(H2,20,21,22);1H. The van der Waals surface area contributed by atoms with Gasteiger partial charge in [0.2, 0.25) is 0 Å². The fraction of sp³-hybridized carbons (Fsp3) is 0.789. The van der Waals surface area contributed by atoms with Crippen molar-refractivity contribution >= 4 is 41.3 Å². The van der Waals surface area contributed by atoms with Gasteiger partial charge in [0.05, 0.1) is 12.2 Å². The summed E-state index contributed by atoms with van der Waals surface area (Å²) in [4.78, 5) is 12.2. The van der Waals surface area contributed by atoms with Crippen LogP contribution < -0.4 is 10.6 Å². The smallest absolute Gasteiger partial charge is 0.191 e. The van der Waals surface area contributed by atoms with E-state index >= 15 is 0 Å². The number of hydrogen-bond donors (Lipinski definition) is 2. The molecule has 26 heavy (non-hydrogen) atoms. The van der Waals surface area contributed by atoms with Crippen molar-refractivity contribution in [3.63, 3.8) is 0 Å². The molecule has 0 unspecified atom stereocenters. The molecule has 1 aromatic heterocycles. The molecule has 1 aliphatic heterocycles. The number of halogens is 1. The highest BCUT2D eigenvalue weighted by Gasteiger charge is 2.31. The van der Waals surface area contributed by atoms with Crippen LogP contribution in [-0.4, -0.2) is 47.6 Å². The Kier molecular flexibility index (Phi) is 8.15. The van der Waals surface area contributed by atoms with E-state index in [1.165, 1.54) is 38.8 Å². The Labute approximate surface area is 179 Å². The van der Waals surface area contributed by atoms with Crippen LogP contribution in [0.1, 0.15) is 64.1 Å². The van der Waals surface area contributed by atoms with Gasteiger partial charge in [0.15, 0.2) is 5.96 Å². The molecule has 0 aromatic carbocycles. The number of nitrogens with one attached hydrogen (secondary N) is 2. The van der Waals surface area contributed by atoms with Gasteiger partial charge in [-0.25, -0.2) is 9.98 Å². The normalized spacial score (nSPS) is 19.9. The van der Waals surface area contributed by atoms with E-state index in [1.54, 1.807) is 11.3 Å². The van der Waals surface area contributed by atoms with E-state index in [-0.39, 0.29) is 29.4 Å². The van der Waals surface area contributed by atoms with Crippen molar-refractivity contribution in [2.45, 2.75) is 77.4 Å². The monoisotopic (exact) mass is 491 g/mol. The zero-order valence-electron chi connectivity index (χ0n) is 16.5. The second-order valence-electron chi connectivity index (χ2n) is 8.26. The van der Waals surface area contributed by atoms with Gasteiger partial charge >= 0.3 is 0 Å². The molecule has 148 valence electrons. The predicted octanol–water partition coefficient (Wildman–Crippen LogP) is 3.74. The van der Waals surface area contributed by atoms with E-state index in [9.17, 15) is 0 Å². The maximum absolute atomic E-state index is 4.77. The zero-order chi connectivity index (χ0) is 17.9. The summed E-state index contributed by atoms with van der Waals surface area (Å²) in [5.74, 6) is 0.930. The first-order chi connectivity index (χ1) is 12.0. The van der Waals surface area contributed by atoms with E-state index in [1.807, 2.05) is 0 Å². The first kappa shape index (κ1) is 21.9. The summed E-state index contributed by atoms with van der Waals surface area (Å²) >= 11 is 1.71. The molecule has 0 radical (unpaired) electrons. The topological polar surface area (TPSA) is 52.6 Å². The van der Waals surface area contributed by atoms with E-state index in [0.717, 1.165) is 29.2 Å². The number of rotatable bonds is 5. The quantitative estimate of drug-likeness (QED) is 0.375. The fourth-order valence-corrected chi connectivity index (χ4v) is 4.18. The van der Waals surface area contributed by atoms with E-state index in [0.29, 0.717) is 12.6 Å². The number of aliphatic imine (C=N–C) groups is 1. The Hall–Kier alpha value is -0.410. The van der Waals surface area contributed by atoms with Gasteiger partial charge in [-0.2, -0.15) is 0 Å². The largest absolute Gasteiger partial charge is 0.357 e. The van der Waals surface area contributed by atoms with Gasteiger partial charge in [-0.3, -0.25) is 0 Å². The minimum atomic E-state index is 0. The molecule has 0 spiro atoms. The molecule has 0 atom stereocenters. The van der Waals surface area contributed by atoms with E-state index < -0.39 is 0 Å². The molecule has 2 fully saturated rings. The number of likely N-dealkylation sites (tertiary alicyclic amines) is 1. The number of hydrogen-bond acceptors (Lipinski definition) is 4. The molecule has 5 nitrogen and oxygen atoms in total. The van der Waals surface area contributed by atoms with E-state index in [4.69, 9.17) is 9.98 Å². The highest BCUT2D eigenvalue weighted by molar-refractivity contribution is 14.0. The van der Waals surface area contributed by atoms with Gasteiger partial charge in [-0.1, -0.05) is 20.8 Å². The van der Waals surface area contributed by atoms with Crippen LogP contribution in [0.5, 0.6) is 0 Å². The Morgan fingerprint density at radius 2 is 1.96 bits per heavy atom. The Morgan fingerprint density at radius 1 is 1.27 bits per heavy atom. The number of nitrogens with zero attached hydrogens (tertiary/aromatic N) is 3. The van der Waals surface area contributed by atoms with Crippen LogP contribution in [0.4, 0.5) is 0 Å². The lowest BCUT2D eigenvalue weighted by Gasteiger charge is -2.33. The van der Waals surface area contributed by atoms with Gasteiger partial charge in [-0.05, 0) is 32.6 Å². The van der Waals surface area contributed by atoms with E-state index in [2.05, 4.69) is 48.6 Å². The number of guanidine groups is 1. The summed E-state index contributed by atoms with van der Waals surface area (Å²) in [6, 6.07) is 1.43. The number of thiazole rings is 1. The molecule has 2 aliphatic rings. The molecule has 3 rings (SSSR count). The van der Waals surface area contributed by atoms with Crippen molar-refractivity contribution in [2.24, 2.45) is 4.99 Å².